The molecule has 0 aromatic carbocycles. The van der Waals surface area contributed by atoms with Gasteiger partial charge in [0.05, 0.1) is 13.2 Å². The number of nitrogens with two attached hydrogens (primary N) is 1. The number of carbonyl (C=O) groups excluding carboxylic acids is 2. The lowest BCUT2D eigenvalue weighted by Gasteiger charge is -2.19. The Morgan fingerprint density at radius 1 is 0.441 bits per heavy atom. The first kappa shape index (κ1) is 66.2. The number of rotatable bonds is 55. The van der Waals surface area contributed by atoms with E-state index in [9.17, 15) is 19.0 Å². The Labute approximate surface area is 420 Å². The maximum Gasteiger partial charge on any atom is 0.472 e. The summed E-state index contributed by atoms with van der Waals surface area (Å²) < 4.78 is 33.0. The molecule has 0 saturated heterocycles. The Morgan fingerprint density at radius 3 is 1.15 bits per heavy atom. The van der Waals surface area contributed by atoms with Gasteiger partial charge in [-0.2, -0.15) is 0 Å². The van der Waals surface area contributed by atoms with Crippen molar-refractivity contribution in [1.29, 1.82) is 0 Å². The van der Waals surface area contributed by atoms with Crippen LogP contribution < -0.4 is 5.73 Å². The molecule has 10 heteroatoms. The first-order chi connectivity index (χ1) is 33.3. The van der Waals surface area contributed by atoms with Crippen molar-refractivity contribution in [2.24, 2.45) is 5.73 Å². The average Bonchev–Trinajstić information content (AvgIpc) is 3.33. The Hall–Kier alpha value is -1.77. The number of allylic oxidation sites excluding steroid dienone is 6. The van der Waals surface area contributed by atoms with Gasteiger partial charge in [0, 0.05) is 19.4 Å². The number of phosphoric ester groups is 1. The quantitative estimate of drug-likeness (QED) is 0.0264. The number of hydrogen-bond acceptors (Lipinski definition) is 8. The second-order valence-electron chi connectivity index (χ2n) is 19.5. The molecule has 0 heterocycles. The maximum absolute atomic E-state index is 12.6. The number of phosphoric acid groups is 1. The van der Waals surface area contributed by atoms with E-state index in [4.69, 9.17) is 24.3 Å². The minimum Gasteiger partial charge on any atom is -0.462 e. The average molecular weight is 980 g/mol. The van der Waals surface area contributed by atoms with Gasteiger partial charge in [0.2, 0.25) is 0 Å². The lowest BCUT2D eigenvalue weighted by atomic mass is 10.0. The van der Waals surface area contributed by atoms with E-state index in [1.807, 2.05) is 0 Å². The zero-order valence-electron chi connectivity index (χ0n) is 44.6. The Bertz CT molecular complexity index is 1210. The fourth-order valence-corrected chi connectivity index (χ4v) is 9.19. The molecule has 0 amide bonds. The zero-order valence-corrected chi connectivity index (χ0v) is 45.5. The van der Waals surface area contributed by atoms with Crippen LogP contribution in [0.2, 0.25) is 0 Å². The standard InChI is InChI=1S/C58H110NO8P/c1-3-5-7-9-11-13-15-17-19-21-22-23-24-25-26-27-28-29-30-31-32-33-34-35-37-38-40-42-44-46-48-50-57(60)64-54-56(55-66-68(62,63)65-53-52-59)67-58(61)51-49-47-45-43-41-39-36-20-18-16-14-12-10-8-6-4-2/h14,16,20-22,36,56H,3-13,15,17-19,23-35,37-55,59H2,1-2H3,(H,62,63)/b16-14-,22-21-,36-20-. The molecule has 0 aromatic rings. The molecule has 0 rings (SSSR count). The summed E-state index contributed by atoms with van der Waals surface area (Å²) in [5, 5.41) is 0. The minimum atomic E-state index is -4.39. The summed E-state index contributed by atoms with van der Waals surface area (Å²) in [5.41, 5.74) is 5.37. The van der Waals surface area contributed by atoms with E-state index in [0.717, 1.165) is 57.8 Å². The molecule has 0 radical (unpaired) electrons. The second-order valence-corrected chi connectivity index (χ2v) is 21.0. The lowest BCUT2D eigenvalue weighted by Crippen LogP contribution is -2.29. The number of ether oxygens (including phenoxy) is 2. The third-order valence-corrected chi connectivity index (χ3v) is 13.7. The Kier molecular flexibility index (Phi) is 53.1. The van der Waals surface area contributed by atoms with Crippen molar-refractivity contribution in [3.8, 4) is 0 Å². The molecule has 0 spiro atoms. The van der Waals surface area contributed by atoms with Crippen LogP contribution in [0, 0.1) is 0 Å². The van der Waals surface area contributed by atoms with Gasteiger partial charge in [-0.25, -0.2) is 4.57 Å². The molecular formula is C58H110NO8P. The van der Waals surface area contributed by atoms with Gasteiger partial charge in [0.1, 0.15) is 6.61 Å². The van der Waals surface area contributed by atoms with Gasteiger partial charge < -0.3 is 20.1 Å². The molecule has 400 valence electrons. The molecule has 2 unspecified atom stereocenters. The van der Waals surface area contributed by atoms with Gasteiger partial charge >= 0.3 is 19.8 Å². The van der Waals surface area contributed by atoms with Crippen molar-refractivity contribution in [2.45, 2.75) is 296 Å². The molecular weight excluding hydrogens is 870 g/mol. The van der Waals surface area contributed by atoms with Crippen LogP contribution in [0.4, 0.5) is 0 Å². The molecule has 0 aliphatic rings. The number of esters is 2. The van der Waals surface area contributed by atoms with Crippen LogP contribution in [0.15, 0.2) is 36.5 Å². The van der Waals surface area contributed by atoms with Crippen LogP contribution in [0.1, 0.15) is 290 Å². The van der Waals surface area contributed by atoms with Gasteiger partial charge in [0.25, 0.3) is 0 Å². The highest BCUT2D eigenvalue weighted by atomic mass is 31.2. The summed E-state index contributed by atoms with van der Waals surface area (Å²) in [4.78, 5) is 35.1. The van der Waals surface area contributed by atoms with Crippen LogP contribution in [0.5, 0.6) is 0 Å². The van der Waals surface area contributed by atoms with E-state index in [-0.39, 0.29) is 38.6 Å². The minimum absolute atomic E-state index is 0.0519. The molecule has 0 bridgehead atoms. The van der Waals surface area contributed by atoms with Gasteiger partial charge in [0.15, 0.2) is 6.10 Å². The van der Waals surface area contributed by atoms with Crippen LogP contribution in [-0.4, -0.2) is 49.3 Å². The van der Waals surface area contributed by atoms with Crippen molar-refractivity contribution in [2.75, 3.05) is 26.4 Å². The number of unbranched alkanes of at least 4 members (excludes halogenated alkanes) is 36. The highest BCUT2D eigenvalue weighted by molar-refractivity contribution is 7.47. The second kappa shape index (κ2) is 54.6. The monoisotopic (exact) mass is 980 g/mol. The lowest BCUT2D eigenvalue weighted by molar-refractivity contribution is -0.161. The fraction of sp³-hybridized carbons (Fsp3) is 0.862. The van der Waals surface area contributed by atoms with Crippen LogP contribution in [0.3, 0.4) is 0 Å². The topological polar surface area (TPSA) is 134 Å². The van der Waals surface area contributed by atoms with Gasteiger partial charge in [-0.15, -0.1) is 0 Å². The molecule has 0 aliphatic carbocycles. The zero-order chi connectivity index (χ0) is 49.5. The predicted molar refractivity (Wildman–Crippen MR) is 289 cm³/mol. The molecule has 0 aromatic heterocycles. The number of hydrogen-bond donors (Lipinski definition) is 2. The van der Waals surface area contributed by atoms with E-state index >= 15 is 0 Å². The summed E-state index contributed by atoms with van der Waals surface area (Å²) in [7, 11) is -4.39. The van der Waals surface area contributed by atoms with Crippen molar-refractivity contribution in [3.05, 3.63) is 36.5 Å². The molecule has 0 fully saturated rings. The highest BCUT2D eigenvalue weighted by Gasteiger charge is 2.26. The smallest absolute Gasteiger partial charge is 0.462 e. The molecule has 0 saturated carbocycles. The summed E-state index contributed by atoms with van der Waals surface area (Å²) in [6.07, 6.45) is 65.0. The fourth-order valence-electron chi connectivity index (χ4n) is 8.43. The van der Waals surface area contributed by atoms with E-state index in [1.165, 1.54) is 199 Å². The van der Waals surface area contributed by atoms with Crippen molar-refractivity contribution in [3.63, 3.8) is 0 Å². The van der Waals surface area contributed by atoms with Crippen LogP contribution in [0.25, 0.3) is 0 Å². The van der Waals surface area contributed by atoms with E-state index in [0.29, 0.717) is 6.42 Å². The van der Waals surface area contributed by atoms with Crippen LogP contribution in [-0.2, 0) is 32.7 Å². The van der Waals surface area contributed by atoms with Crippen LogP contribution >= 0.6 is 7.82 Å². The summed E-state index contributed by atoms with van der Waals surface area (Å²) in [6, 6.07) is 0. The van der Waals surface area contributed by atoms with Gasteiger partial charge in [-0.3, -0.25) is 18.6 Å². The summed E-state index contributed by atoms with van der Waals surface area (Å²) in [5.74, 6) is -0.832. The van der Waals surface area contributed by atoms with Crippen molar-refractivity contribution >= 4 is 19.8 Å². The van der Waals surface area contributed by atoms with Crippen molar-refractivity contribution < 1.29 is 37.6 Å². The molecule has 3 N–H and O–H groups in total. The summed E-state index contributed by atoms with van der Waals surface area (Å²) in [6.45, 7) is 3.74. The Balaban J connectivity index is 3.87. The van der Waals surface area contributed by atoms with Gasteiger partial charge in [-0.05, 0) is 70.6 Å². The highest BCUT2D eigenvalue weighted by Crippen LogP contribution is 2.43. The largest absolute Gasteiger partial charge is 0.472 e. The number of carbonyl (C=O) groups is 2. The summed E-state index contributed by atoms with van der Waals surface area (Å²) >= 11 is 0. The first-order valence-corrected chi connectivity index (χ1v) is 30.5. The predicted octanol–water partition coefficient (Wildman–Crippen LogP) is 18.0. The molecule has 2 atom stereocenters. The van der Waals surface area contributed by atoms with E-state index in [1.54, 1.807) is 0 Å². The molecule has 9 nitrogen and oxygen atoms in total. The van der Waals surface area contributed by atoms with E-state index in [2.05, 4.69) is 50.3 Å². The van der Waals surface area contributed by atoms with Gasteiger partial charge in [-0.1, -0.05) is 243 Å². The Morgan fingerprint density at radius 2 is 0.765 bits per heavy atom. The normalized spacial score (nSPS) is 13.3. The molecule has 0 aliphatic heterocycles. The SMILES string of the molecule is CCCCCC/C=C\C/C=C\CCCCCCCC(=O)OC(COC(=O)CCCCCCCCCCCCCCCCCCCCC/C=C\CCCCCCCCCC)COP(=O)(O)OCCN. The first-order valence-electron chi connectivity index (χ1n) is 29.0. The third kappa shape index (κ3) is 53.6. The maximum atomic E-state index is 12.6. The van der Waals surface area contributed by atoms with E-state index < -0.39 is 26.5 Å². The molecule has 68 heavy (non-hydrogen) atoms. The third-order valence-electron chi connectivity index (χ3n) is 12.7. The van der Waals surface area contributed by atoms with Crippen molar-refractivity contribution in [1.82, 2.24) is 0 Å².